The number of carbonyl (C=O) groups is 2. The van der Waals surface area contributed by atoms with Gasteiger partial charge in [-0.05, 0) is 58.5 Å². The zero-order chi connectivity index (χ0) is 28.9. The minimum Gasteiger partial charge on any atom is -0.398 e. The van der Waals surface area contributed by atoms with Crippen molar-refractivity contribution in [2.24, 2.45) is 0 Å². The summed E-state index contributed by atoms with van der Waals surface area (Å²) in [5.74, 6) is 7.05. The number of rotatable bonds is 12. The van der Waals surface area contributed by atoms with Crippen LogP contribution < -0.4 is 21.7 Å². The standard InChI is InChI=1S/C29H39N9O2/c1-4-32-27-21(20-34-29(36-27)35-23-13-14-24(31)22(18-23)19-30)10-6-5-7-15-33-28(40)25-11-8-17-38(25)26(39)12-9-16-37(2)3/h9,12-14,18-20,25,30H,4-5,7-8,11,15-17,31H2,1-3H3,(H,33,40)(H2,32,34,35,36)/b12-9+,30-19?/t25-/m0/s1. The normalized spacial score (nSPS) is 14.6. The van der Waals surface area contributed by atoms with Crippen LogP contribution in [-0.4, -0.2) is 84.1 Å². The van der Waals surface area contributed by atoms with Crippen molar-refractivity contribution in [1.29, 1.82) is 5.41 Å². The molecule has 0 spiro atoms. The van der Waals surface area contributed by atoms with Gasteiger partial charge in [-0.3, -0.25) is 9.59 Å². The van der Waals surface area contributed by atoms with Crippen LogP contribution in [-0.2, 0) is 9.59 Å². The Balaban J connectivity index is 1.50. The van der Waals surface area contributed by atoms with Crippen molar-refractivity contribution < 1.29 is 9.59 Å². The van der Waals surface area contributed by atoms with Gasteiger partial charge in [-0.25, -0.2) is 4.98 Å². The molecule has 11 nitrogen and oxygen atoms in total. The topological polar surface area (TPSA) is 152 Å². The molecule has 0 radical (unpaired) electrons. The largest absolute Gasteiger partial charge is 0.398 e. The molecule has 0 bridgehead atoms. The molecular weight excluding hydrogens is 506 g/mol. The number of hydrogen-bond donors (Lipinski definition) is 5. The first kappa shape index (κ1) is 30.1. The minimum absolute atomic E-state index is 0.112. The third-order valence-electron chi connectivity index (χ3n) is 6.20. The zero-order valence-electron chi connectivity index (χ0n) is 23.5. The minimum atomic E-state index is -0.417. The second-order valence-electron chi connectivity index (χ2n) is 9.65. The van der Waals surface area contributed by atoms with Crippen molar-refractivity contribution in [3.05, 3.63) is 47.7 Å². The average molecular weight is 546 g/mol. The quantitative estimate of drug-likeness (QED) is 0.0897. The van der Waals surface area contributed by atoms with Crippen LogP contribution in [0.5, 0.6) is 0 Å². The van der Waals surface area contributed by atoms with E-state index < -0.39 is 6.04 Å². The lowest BCUT2D eigenvalue weighted by molar-refractivity contribution is -0.135. The number of nitrogens with two attached hydrogens (primary N) is 1. The van der Waals surface area contributed by atoms with Crippen LogP contribution in [0.1, 0.15) is 43.7 Å². The van der Waals surface area contributed by atoms with Crippen LogP contribution in [0, 0.1) is 17.3 Å². The van der Waals surface area contributed by atoms with Gasteiger partial charge in [0.25, 0.3) is 0 Å². The third kappa shape index (κ3) is 8.81. The molecule has 2 heterocycles. The van der Waals surface area contributed by atoms with Crippen LogP contribution in [0.3, 0.4) is 0 Å². The summed E-state index contributed by atoms with van der Waals surface area (Å²) in [7, 11) is 3.88. The summed E-state index contributed by atoms with van der Waals surface area (Å²) in [5.41, 5.74) is 8.40. The molecule has 1 aliphatic rings. The number of carbonyl (C=O) groups excluding carboxylic acids is 2. The lowest BCUT2D eigenvalue weighted by atomic mass is 10.2. The molecule has 1 aromatic carbocycles. The fraction of sp³-hybridized carbons (Fsp3) is 0.414. The number of unbranched alkanes of at least 4 members (excludes halogenated alkanes) is 1. The Hall–Kier alpha value is -4.43. The first-order valence-electron chi connectivity index (χ1n) is 13.5. The highest BCUT2D eigenvalue weighted by atomic mass is 16.2. The van der Waals surface area contributed by atoms with E-state index >= 15 is 0 Å². The van der Waals surface area contributed by atoms with E-state index in [1.807, 2.05) is 32.0 Å². The Morgan fingerprint density at radius 1 is 1.32 bits per heavy atom. The summed E-state index contributed by atoms with van der Waals surface area (Å²) >= 11 is 0. The Labute approximate surface area is 236 Å². The van der Waals surface area contributed by atoms with Crippen LogP contribution in [0.15, 0.2) is 36.5 Å². The van der Waals surface area contributed by atoms with Crippen molar-refractivity contribution in [1.82, 2.24) is 25.1 Å². The number of amides is 2. The number of likely N-dealkylation sites (tertiary alicyclic amines) is 1. The van der Waals surface area contributed by atoms with Gasteiger partial charge in [-0.15, -0.1) is 0 Å². The molecular formula is C29H39N9O2. The highest BCUT2D eigenvalue weighted by molar-refractivity contribution is 5.93. The van der Waals surface area contributed by atoms with E-state index in [1.54, 1.807) is 35.4 Å². The van der Waals surface area contributed by atoms with Crippen LogP contribution >= 0.6 is 0 Å². The number of nitrogens with zero attached hydrogens (tertiary/aromatic N) is 4. The van der Waals surface area contributed by atoms with E-state index in [1.165, 1.54) is 6.21 Å². The van der Waals surface area contributed by atoms with Gasteiger partial charge in [0.05, 0.1) is 11.8 Å². The van der Waals surface area contributed by atoms with Gasteiger partial charge in [-0.1, -0.05) is 17.9 Å². The monoisotopic (exact) mass is 545 g/mol. The number of anilines is 4. The van der Waals surface area contributed by atoms with E-state index in [4.69, 9.17) is 11.1 Å². The molecule has 1 aliphatic heterocycles. The Morgan fingerprint density at radius 3 is 2.90 bits per heavy atom. The first-order valence-corrected chi connectivity index (χ1v) is 13.5. The summed E-state index contributed by atoms with van der Waals surface area (Å²) in [4.78, 5) is 37.8. The zero-order valence-corrected chi connectivity index (χ0v) is 23.5. The van der Waals surface area contributed by atoms with Crippen molar-refractivity contribution >= 4 is 41.2 Å². The van der Waals surface area contributed by atoms with Gasteiger partial charge in [0, 0.05) is 61.8 Å². The van der Waals surface area contributed by atoms with E-state index in [0.29, 0.717) is 74.0 Å². The van der Waals surface area contributed by atoms with Crippen molar-refractivity contribution in [2.75, 3.05) is 56.6 Å². The van der Waals surface area contributed by atoms with Crippen LogP contribution in [0.2, 0.25) is 0 Å². The average Bonchev–Trinajstić information content (AvgIpc) is 3.43. The lowest BCUT2D eigenvalue weighted by Gasteiger charge is -2.22. The van der Waals surface area contributed by atoms with Crippen molar-refractivity contribution in [3.8, 4) is 11.8 Å². The molecule has 1 atom stereocenters. The smallest absolute Gasteiger partial charge is 0.246 e. The number of nitrogen functional groups attached to an aromatic ring is 1. The maximum atomic E-state index is 12.7. The SMILES string of the molecule is CCNc1nc(Nc2ccc(N)c(C=N)c2)ncc1C#CCCCNC(=O)[C@@H]1CCCN1C(=O)/C=C/CN(C)C. The van der Waals surface area contributed by atoms with Gasteiger partial charge in [0.15, 0.2) is 0 Å². The summed E-state index contributed by atoms with van der Waals surface area (Å²) < 4.78 is 0. The van der Waals surface area contributed by atoms with Gasteiger partial charge >= 0.3 is 0 Å². The highest BCUT2D eigenvalue weighted by Crippen LogP contribution is 2.21. The Bertz CT molecular complexity index is 1280. The summed E-state index contributed by atoms with van der Waals surface area (Å²) in [5, 5.41) is 16.8. The van der Waals surface area contributed by atoms with Gasteiger partial charge in [-0.2, -0.15) is 4.98 Å². The second kappa shape index (κ2) is 15.2. The number of aromatic nitrogens is 2. The van der Waals surface area contributed by atoms with Gasteiger partial charge in [0.2, 0.25) is 17.8 Å². The molecule has 2 aromatic rings. The van der Waals surface area contributed by atoms with Crippen molar-refractivity contribution in [2.45, 2.75) is 38.6 Å². The van der Waals surface area contributed by atoms with Crippen molar-refractivity contribution in [3.63, 3.8) is 0 Å². The van der Waals surface area contributed by atoms with Crippen LogP contribution in [0.4, 0.5) is 23.1 Å². The summed E-state index contributed by atoms with van der Waals surface area (Å²) in [6.45, 7) is 4.41. The third-order valence-corrected chi connectivity index (χ3v) is 6.20. The summed E-state index contributed by atoms with van der Waals surface area (Å²) in [6.07, 6.45) is 9.02. The number of hydrogen-bond acceptors (Lipinski definition) is 9. The molecule has 0 unspecified atom stereocenters. The predicted octanol–water partition coefficient (Wildman–Crippen LogP) is 2.59. The maximum absolute atomic E-state index is 12.7. The van der Waals surface area contributed by atoms with Crippen LogP contribution in [0.25, 0.3) is 0 Å². The molecule has 11 heteroatoms. The molecule has 1 fully saturated rings. The first-order chi connectivity index (χ1) is 19.3. The van der Waals surface area contributed by atoms with Gasteiger partial charge in [0.1, 0.15) is 11.9 Å². The van der Waals surface area contributed by atoms with E-state index in [-0.39, 0.29) is 11.8 Å². The molecule has 1 aromatic heterocycles. The molecule has 2 amide bonds. The lowest BCUT2D eigenvalue weighted by Crippen LogP contribution is -2.45. The number of likely N-dealkylation sites (N-methyl/N-ethyl adjacent to an activating group) is 1. The molecule has 6 N–H and O–H groups in total. The Morgan fingerprint density at radius 2 is 2.15 bits per heavy atom. The molecule has 0 saturated carbocycles. The molecule has 0 aliphatic carbocycles. The molecule has 1 saturated heterocycles. The second-order valence-corrected chi connectivity index (χ2v) is 9.65. The fourth-order valence-corrected chi connectivity index (χ4v) is 4.17. The van der Waals surface area contributed by atoms with Gasteiger partial charge < -0.3 is 36.9 Å². The summed E-state index contributed by atoms with van der Waals surface area (Å²) in [6, 6.07) is 4.87. The Kier molecular flexibility index (Phi) is 11.5. The van der Waals surface area contributed by atoms with E-state index in [0.717, 1.165) is 12.1 Å². The molecule has 212 valence electrons. The number of benzene rings is 1. The molecule has 40 heavy (non-hydrogen) atoms. The fourth-order valence-electron chi connectivity index (χ4n) is 4.17. The number of nitrogens with one attached hydrogen (secondary N) is 4. The van der Waals surface area contributed by atoms with E-state index in [9.17, 15) is 9.59 Å². The highest BCUT2D eigenvalue weighted by Gasteiger charge is 2.32. The maximum Gasteiger partial charge on any atom is 0.246 e. The van der Waals surface area contributed by atoms with E-state index in [2.05, 4.69) is 37.8 Å². The molecule has 3 rings (SSSR count). The predicted molar refractivity (Wildman–Crippen MR) is 160 cm³/mol.